The fraction of sp³-hybridized carbons (Fsp3) is 0.267. The lowest BCUT2D eigenvalue weighted by molar-refractivity contribution is 0.0701. The Kier molecular flexibility index (Phi) is 4.84. The summed E-state index contributed by atoms with van der Waals surface area (Å²) in [6, 6.07) is 7.89. The van der Waals surface area contributed by atoms with Crippen LogP contribution in [0.3, 0.4) is 0 Å². The summed E-state index contributed by atoms with van der Waals surface area (Å²) in [5, 5.41) is 12.5. The van der Waals surface area contributed by atoms with Gasteiger partial charge in [0.25, 0.3) is 0 Å². The molecule has 0 atom stereocenters. The highest BCUT2D eigenvalue weighted by Crippen LogP contribution is 2.27. The van der Waals surface area contributed by atoms with Crippen LogP contribution in [0.15, 0.2) is 34.6 Å². The van der Waals surface area contributed by atoms with Gasteiger partial charge in [0.05, 0.1) is 30.9 Å². The average molecular weight is 330 g/mol. The summed E-state index contributed by atoms with van der Waals surface area (Å²) in [5.74, 6) is -0.116. The molecule has 23 heavy (non-hydrogen) atoms. The van der Waals surface area contributed by atoms with Crippen molar-refractivity contribution in [1.29, 1.82) is 5.41 Å². The molecule has 0 bridgehead atoms. The van der Waals surface area contributed by atoms with Crippen molar-refractivity contribution in [2.24, 2.45) is 10.7 Å². The van der Waals surface area contributed by atoms with Crippen LogP contribution in [0.25, 0.3) is 11.3 Å². The Hall–Kier alpha value is -2.45. The van der Waals surface area contributed by atoms with Gasteiger partial charge in [0.2, 0.25) is 0 Å². The lowest BCUT2D eigenvalue weighted by Gasteiger charge is -2.24. The van der Waals surface area contributed by atoms with E-state index in [1.807, 2.05) is 36.0 Å². The van der Waals surface area contributed by atoms with E-state index < -0.39 is 0 Å². The number of nitrogens with zero attached hydrogens (tertiary/aromatic N) is 3. The number of ether oxygens (including phenoxy) is 1. The molecular formula is C15H18N6OS. The number of benzene rings is 1. The number of nitrogens with two attached hydrogens (primary N) is 1. The zero-order chi connectivity index (χ0) is 16.1. The highest BCUT2D eigenvalue weighted by molar-refractivity contribution is 7.14. The van der Waals surface area contributed by atoms with Crippen LogP contribution in [-0.2, 0) is 4.74 Å². The molecule has 1 aliphatic rings. The lowest BCUT2D eigenvalue weighted by Crippen LogP contribution is -2.34. The van der Waals surface area contributed by atoms with Crippen molar-refractivity contribution in [3.8, 4) is 11.3 Å². The van der Waals surface area contributed by atoms with E-state index in [0.29, 0.717) is 5.13 Å². The number of aliphatic imine (C=N–C) groups is 1. The van der Waals surface area contributed by atoms with E-state index in [-0.39, 0.29) is 5.96 Å². The van der Waals surface area contributed by atoms with Gasteiger partial charge in [-0.3, -0.25) is 5.41 Å². The molecule has 120 valence electrons. The Morgan fingerprint density at radius 1 is 1.43 bits per heavy atom. The molecule has 0 amide bonds. The lowest BCUT2D eigenvalue weighted by atomic mass is 10.1. The van der Waals surface area contributed by atoms with Crippen molar-refractivity contribution < 1.29 is 4.74 Å². The van der Waals surface area contributed by atoms with Crippen LogP contribution in [-0.4, -0.2) is 48.5 Å². The number of hydrogen-bond acceptors (Lipinski definition) is 5. The minimum absolute atomic E-state index is 0.116. The minimum Gasteiger partial charge on any atom is -0.378 e. The molecule has 2 heterocycles. The fourth-order valence-electron chi connectivity index (χ4n) is 2.17. The molecule has 3 rings (SSSR count). The first-order valence-electron chi connectivity index (χ1n) is 7.24. The molecule has 1 fully saturated rings. The van der Waals surface area contributed by atoms with Gasteiger partial charge in [0.15, 0.2) is 11.1 Å². The third-order valence-electron chi connectivity index (χ3n) is 3.30. The molecule has 1 aromatic carbocycles. The number of nitrogens with one attached hydrogen (secondary N) is 2. The molecule has 0 saturated carbocycles. The smallest absolute Gasteiger partial charge is 0.192 e. The van der Waals surface area contributed by atoms with E-state index in [9.17, 15) is 0 Å². The first-order chi connectivity index (χ1) is 11.2. The Bertz CT molecular complexity index is 707. The second-order valence-corrected chi connectivity index (χ2v) is 5.88. The molecule has 0 unspecified atom stereocenters. The van der Waals surface area contributed by atoms with Crippen molar-refractivity contribution in [2.75, 3.05) is 31.6 Å². The van der Waals surface area contributed by atoms with Gasteiger partial charge in [-0.15, -0.1) is 11.3 Å². The number of aromatic nitrogens is 1. The normalized spacial score (nSPS) is 15.0. The van der Waals surface area contributed by atoms with Gasteiger partial charge in [-0.25, -0.2) is 9.98 Å². The third-order valence-corrected chi connectivity index (χ3v) is 4.06. The Morgan fingerprint density at radius 3 is 3.04 bits per heavy atom. The Morgan fingerprint density at radius 2 is 2.26 bits per heavy atom. The number of anilines is 1. The number of guanidine groups is 1. The molecule has 2 aromatic rings. The molecule has 0 radical (unpaired) electrons. The number of rotatable bonds is 4. The largest absolute Gasteiger partial charge is 0.378 e. The maximum absolute atomic E-state index is 7.23. The van der Waals surface area contributed by atoms with E-state index in [4.69, 9.17) is 15.9 Å². The van der Waals surface area contributed by atoms with Crippen molar-refractivity contribution in [3.63, 3.8) is 0 Å². The van der Waals surface area contributed by atoms with E-state index in [2.05, 4.69) is 20.2 Å². The molecule has 0 aliphatic carbocycles. The zero-order valence-corrected chi connectivity index (χ0v) is 13.3. The van der Waals surface area contributed by atoms with Crippen LogP contribution in [0.4, 0.5) is 10.8 Å². The van der Waals surface area contributed by atoms with Gasteiger partial charge in [-0.1, -0.05) is 12.1 Å². The van der Waals surface area contributed by atoms with Crippen LogP contribution in [0, 0.1) is 5.41 Å². The van der Waals surface area contributed by atoms with Gasteiger partial charge in [-0.2, -0.15) is 0 Å². The van der Waals surface area contributed by atoms with E-state index >= 15 is 0 Å². The molecular weight excluding hydrogens is 312 g/mol. The number of hydrogen-bond donors (Lipinski definition) is 3. The van der Waals surface area contributed by atoms with Crippen LogP contribution >= 0.6 is 11.3 Å². The van der Waals surface area contributed by atoms with Crippen LogP contribution in [0.1, 0.15) is 0 Å². The van der Waals surface area contributed by atoms with Crippen molar-refractivity contribution in [2.45, 2.75) is 0 Å². The molecule has 7 nitrogen and oxygen atoms in total. The monoisotopic (exact) mass is 330 g/mol. The maximum Gasteiger partial charge on any atom is 0.192 e. The van der Waals surface area contributed by atoms with E-state index in [1.54, 1.807) is 0 Å². The van der Waals surface area contributed by atoms with Gasteiger partial charge >= 0.3 is 0 Å². The standard InChI is InChI=1S/C15H18N6OS/c16-14(17)20-15-19-13(9-23-15)11-2-1-3-12(8-11)18-10-21-4-6-22-7-5-21/h1-3,8-10H,4-7H2,(H4,16,17,19,20). The minimum atomic E-state index is -0.116. The second-order valence-electron chi connectivity index (χ2n) is 5.02. The molecule has 1 aromatic heterocycles. The predicted molar refractivity (Wildman–Crippen MR) is 93.6 cm³/mol. The van der Waals surface area contributed by atoms with Crippen molar-refractivity contribution in [3.05, 3.63) is 29.6 Å². The number of morpholine rings is 1. The molecule has 1 saturated heterocycles. The van der Waals surface area contributed by atoms with Gasteiger partial charge in [0, 0.05) is 24.0 Å². The van der Waals surface area contributed by atoms with Gasteiger partial charge < -0.3 is 20.7 Å². The Balaban J connectivity index is 1.72. The highest BCUT2D eigenvalue weighted by Gasteiger charge is 2.07. The summed E-state index contributed by atoms with van der Waals surface area (Å²) in [6.07, 6.45) is 1.87. The first-order valence-corrected chi connectivity index (χ1v) is 8.12. The summed E-state index contributed by atoms with van der Waals surface area (Å²) < 4.78 is 5.32. The highest BCUT2D eigenvalue weighted by atomic mass is 32.1. The van der Waals surface area contributed by atoms with E-state index in [1.165, 1.54) is 11.3 Å². The van der Waals surface area contributed by atoms with Crippen molar-refractivity contribution in [1.82, 2.24) is 9.88 Å². The first kappa shape index (κ1) is 15.4. The summed E-state index contributed by atoms with van der Waals surface area (Å²) in [6.45, 7) is 3.23. The van der Waals surface area contributed by atoms with Gasteiger partial charge in [-0.05, 0) is 12.1 Å². The summed E-state index contributed by atoms with van der Waals surface area (Å²) in [5.41, 5.74) is 8.01. The molecule has 8 heteroatoms. The van der Waals surface area contributed by atoms with Crippen LogP contribution in [0.5, 0.6) is 0 Å². The van der Waals surface area contributed by atoms with Crippen LogP contribution in [0.2, 0.25) is 0 Å². The summed E-state index contributed by atoms with van der Waals surface area (Å²) in [7, 11) is 0. The summed E-state index contributed by atoms with van der Waals surface area (Å²) >= 11 is 1.41. The van der Waals surface area contributed by atoms with Crippen LogP contribution < -0.4 is 11.1 Å². The maximum atomic E-state index is 7.23. The second kappa shape index (κ2) is 7.21. The Labute approximate surface area is 138 Å². The third kappa shape index (κ3) is 4.27. The molecule has 0 spiro atoms. The van der Waals surface area contributed by atoms with Crippen molar-refractivity contribution >= 4 is 34.5 Å². The van der Waals surface area contributed by atoms with E-state index in [0.717, 1.165) is 43.2 Å². The average Bonchev–Trinajstić information content (AvgIpc) is 3.02. The topological polar surface area (TPSA) is 99.6 Å². The number of thiazole rings is 1. The van der Waals surface area contributed by atoms with Gasteiger partial charge in [0.1, 0.15) is 0 Å². The quantitative estimate of drug-likeness (QED) is 0.589. The summed E-state index contributed by atoms with van der Waals surface area (Å²) in [4.78, 5) is 11.1. The fourth-order valence-corrected chi connectivity index (χ4v) is 2.90. The predicted octanol–water partition coefficient (Wildman–Crippen LogP) is 2.11. The molecule has 1 aliphatic heterocycles. The zero-order valence-electron chi connectivity index (χ0n) is 12.5. The molecule has 4 N–H and O–H groups in total. The SMILES string of the molecule is N=C(N)Nc1nc(-c2cccc(N=CN3CCOCC3)c2)cs1.